The van der Waals surface area contributed by atoms with Gasteiger partial charge in [-0.1, -0.05) is 36.4 Å². The minimum absolute atomic E-state index is 0. The highest BCUT2D eigenvalue weighted by molar-refractivity contribution is 5.85. The van der Waals surface area contributed by atoms with Gasteiger partial charge in [-0.05, 0) is 49.9 Å². The molecule has 0 amide bonds. The van der Waals surface area contributed by atoms with Crippen molar-refractivity contribution in [3.8, 4) is 0 Å². The predicted molar refractivity (Wildman–Crippen MR) is 98.6 cm³/mol. The van der Waals surface area contributed by atoms with Crippen molar-refractivity contribution in [1.82, 2.24) is 0 Å². The summed E-state index contributed by atoms with van der Waals surface area (Å²) < 4.78 is 0. The van der Waals surface area contributed by atoms with Gasteiger partial charge in [0.05, 0.1) is 6.67 Å². The van der Waals surface area contributed by atoms with E-state index < -0.39 is 0 Å². The first-order valence-corrected chi connectivity index (χ1v) is 7.70. The van der Waals surface area contributed by atoms with Crippen molar-refractivity contribution in [3.63, 3.8) is 0 Å². The van der Waals surface area contributed by atoms with E-state index in [1.54, 1.807) is 0 Å². The lowest BCUT2D eigenvalue weighted by atomic mass is 10.1. The molecular formula is C19H25ClN2. The third-order valence-electron chi connectivity index (χ3n) is 4.49. The number of aryl methyl sites for hydroxylation is 4. The lowest BCUT2D eigenvalue weighted by Crippen LogP contribution is -2.27. The largest absolute Gasteiger partial charge is 0.352 e. The molecule has 22 heavy (non-hydrogen) atoms. The van der Waals surface area contributed by atoms with Crippen molar-refractivity contribution in [2.75, 3.05) is 29.6 Å². The molecule has 0 saturated carbocycles. The molecule has 1 aliphatic heterocycles. The molecule has 2 aromatic carbocycles. The van der Waals surface area contributed by atoms with Gasteiger partial charge in [0.1, 0.15) is 0 Å². The fourth-order valence-electron chi connectivity index (χ4n) is 3.56. The molecule has 2 aromatic rings. The second kappa shape index (κ2) is 6.62. The van der Waals surface area contributed by atoms with Crippen LogP contribution in [0.1, 0.15) is 22.3 Å². The highest BCUT2D eigenvalue weighted by atomic mass is 35.5. The van der Waals surface area contributed by atoms with Gasteiger partial charge in [0.2, 0.25) is 0 Å². The summed E-state index contributed by atoms with van der Waals surface area (Å²) in [4.78, 5) is 5.02. The number of benzene rings is 2. The first-order chi connectivity index (χ1) is 10.1. The molecule has 0 N–H and O–H groups in total. The van der Waals surface area contributed by atoms with Gasteiger partial charge in [-0.3, -0.25) is 0 Å². The summed E-state index contributed by atoms with van der Waals surface area (Å²) in [6.45, 7) is 12.0. The van der Waals surface area contributed by atoms with Crippen LogP contribution in [-0.4, -0.2) is 19.8 Å². The van der Waals surface area contributed by atoms with Crippen molar-refractivity contribution in [3.05, 3.63) is 58.7 Å². The van der Waals surface area contributed by atoms with Crippen molar-refractivity contribution < 1.29 is 0 Å². The van der Waals surface area contributed by atoms with E-state index in [-0.39, 0.29) is 12.4 Å². The summed E-state index contributed by atoms with van der Waals surface area (Å²) in [6, 6.07) is 13.1. The highest BCUT2D eigenvalue weighted by Gasteiger charge is 2.24. The number of halogens is 1. The molecule has 1 aliphatic rings. The van der Waals surface area contributed by atoms with E-state index in [9.17, 15) is 0 Å². The molecule has 0 spiro atoms. The maximum atomic E-state index is 2.51. The number of rotatable bonds is 2. The number of hydrogen-bond donors (Lipinski definition) is 0. The Balaban J connectivity index is 0.00000176. The molecule has 0 aromatic heterocycles. The summed E-state index contributed by atoms with van der Waals surface area (Å²) in [7, 11) is 0. The first-order valence-electron chi connectivity index (χ1n) is 7.70. The fraction of sp³-hybridized carbons (Fsp3) is 0.368. The molecule has 0 bridgehead atoms. The number of para-hydroxylation sites is 2. The van der Waals surface area contributed by atoms with Crippen LogP contribution in [0, 0.1) is 27.7 Å². The average molecular weight is 317 g/mol. The van der Waals surface area contributed by atoms with Crippen LogP contribution in [0.3, 0.4) is 0 Å². The Hall–Kier alpha value is -1.67. The van der Waals surface area contributed by atoms with Crippen molar-refractivity contribution in [2.24, 2.45) is 0 Å². The van der Waals surface area contributed by atoms with E-state index >= 15 is 0 Å². The first kappa shape index (κ1) is 16.7. The lowest BCUT2D eigenvalue weighted by molar-refractivity contribution is 0.931. The maximum Gasteiger partial charge on any atom is 0.0904 e. The molecule has 1 fully saturated rings. The number of hydrogen-bond acceptors (Lipinski definition) is 2. The predicted octanol–water partition coefficient (Wildman–Crippen LogP) is 4.63. The van der Waals surface area contributed by atoms with E-state index in [1.807, 2.05) is 0 Å². The molecule has 3 rings (SSSR count). The minimum Gasteiger partial charge on any atom is -0.352 e. The number of nitrogens with zero attached hydrogens (tertiary/aromatic N) is 2. The normalized spacial score (nSPS) is 14.2. The van der Waals surface area contributed by atoms with Crippen LogP contribution in [-0.2, 0) is 0 Å². The van der Waals surface area contributed by atoms with Crippen molar-refractivity contribution in [1.29, 1.82) is 0 Å². The Kier molecular flexibility index (Phi) is 5.02. The van der Waals surface area contributed by atoms with E-state index in [0.717, 1.165) is 19.8 Å². The molecule has 0 radical (unpaired) electrons. The highest BCUT2D eigenvalue weighted by Crippen LogP contribution is 2.31. The summed E-state index contributed by atoms with van der Waals surface area (Å²) in [5.41, 5.74) is 8.31. The number of anilines is 2. The topological polar surface area (TPSA) is 6.48 Å². The molecule has 0 atom stereocenters. The van der Waals surface area contributed by atoms with Crippen molar-refractivity contribution >= 4 is 23.8 Å². The van der Waals surface area contributed by atoms with E-state index in [2.05, 4.69) is 73.9 Å². The van der Waals surface area contributed by atoms with E-state index in [1.165, 1.54) is 33.6 Å². The van der Waals surface area contributed by atoms with Gasteiger partial charge in [0, 0.05) is 24.5 Å². The van der Waals surface area contributed by atoms with Crippen LogP contribution >= 0.6 is 12.4 Å². The van der Waals surface area contributed by atoms with Gasteiger partial charge in [0.15, 0.2) is 0 Å². The quantitative estimate of drug-likeness (QED) is 0.797. The molecular weight excluding hydrogens is 292 g/mol. The zero-order chi connectivity index (χ0) is 15.0. The van der Waals surface area contributed by atoms with Crippen LogP contribution in [0.15, 0.2) is 36.4 Å². The zero-order valence-electron chi connectivity index (χ0n) is 13.9. The van der Waals surface area contributed by atoms with Crippen LogP contribution in [0.5, 0.6) is 0 Å². The lowest BCUT2D eigenvalue weighted by Gasteiger charge is -2.26. The summed E-state index contributed by atoms with van der Waals surface area (Å²) in [5.74, 6) is 0. The Morgan fingerprint density at radius 2 is 0.955 bits per heavy atom. The monoisotopic (exact) mass is 316 g/mol. The second-order valence-electron chi connectivity index (χ2n) is 6.15. The molecule has 2 nitrogen and oxygen atoms in total. The van der Waals surface area contributed by atoms with Crippen LogP contribution in [0.4, 0.5) is 11.4 Å². The van der Waals surface area contributed by atoms with Gasteiger partial charge in [-0.15, -0.1) is 12.4 Å². The summed E-state index contributed by atoms with van der Waals surface area (Å²) in [6.07, 6.45) is 0. The third-order valence-corrected chi connectivity index (χ3v) is 4.49. The van der Waals surface area contributed by atoms with Crippen LogP contribution in [0.2, 0.25) is 0 Å². The van der Waals surface area contributed by atoms with Gasteiger partial charge >= 0.3 is 0 Å². The molecule has 3 heteroatoms. The summed E-state index contributed by atoms with van der Waals surface area (Å²) in [5, 5.41) is 0. The Labute approximate surface area is 140 Å². The fourth-order valence-corrected chi connectivity index (χ4v) is 3.56. The Bertz CT molecular complexity index is 568. The minimum atomic E-state index is 0. The van der Waals surface area contributed by atoms with Crippen molar-refractivity contribution in [2.45, 2.75) is 27.7 Å². The van der Waals surface area contributed by atoms with Gasteiger partial charge in [-0.25, -0.2) is 0 Å². The Morgan fingerprint density at radius 1 is 0.636 bits per heavy atom. The smallest absolute Gasteiger partial charge is 0.0904 e. The molecule has 118 valence electrons. The SMILES string of the molecule is Cc1cccc(C)c1N1CCN(c2c(C)cccc2C)C1.Cl. The second-order valence-corrected chi connectivity index (χ2v) is 6.15. The molecule has 0 aliphatic carbocycles. The van der Waals surface area contributed by atoms with Crippen LogP contribution in [0.25, 0.3) is 0 Å². The molecule has 1 heterocycles. The standard InChI is InChI=1S/C19H24N2.ClH/c1-14-7-5-8-15(2)18(14)20-11-12-21(13-20)19-16(3)9-6-10-17(19)4;/h5-10H,11-13H2,1-4H3;1H. The van der Waals surface area contributed by atoms with E-state index in [4.69, 9.17) is 0 Å². The van der Waals surface area contributed by atoms with Crippen LogP contribution < -0.4 is 9.80 Å². The Morgan fingerprint density at radius 3 is 1.27 bits per heavy atom. The average Bonchev–Trinajstić information content (AvgIpc) is 2.87. The maximum absolute atomic E-state index is 2.51. The van der Waals surface area contributed by atoms with Gasteiger partial charge < -0.3 is 9.80 Å². The molecule has 1 saturated heterocycles. The molecule has 0 unspecified atom stereocenters. The van der Waals surface area contributed by atoms with E-state index in [0.29, 0.717) is 0 Å². The third kappa shape index (κ3) is 2.93. The van der Waals surface area contributed by atoms with Gasteiger partial charge in [-0.2, -0.15) is 0 Å². The zero-order valence-corrected chi connectivity index (χ0v) is 14.7. The summed E-state index contributed by atoms with van der Waals surface area (Å²) >= 11 is 0. The van der Waals surface area contributed by atoms with Gasteiger partial charge in [0.25, 0.3) is 0 Å².